The first-order valence-electron chi connectivity index (χ1n) is 9.27. The Morgan fingerprint density at radius 2 is 1.70 bits per heavy atom. The van der Waals surface area contributed by atoms with Gasteiger partial charge in [0.25, 0.3) is 11.8 Å². The number of aromatic carboxylic acids is 1. The number of nitrogens with zero attached hydrogens (tertiary/aromatic N) is 1. The summed E-state index contributed by atoms with van der Waals surface area (Å²) in [5.41, 5.74) is 0.661. The fourth-order valence-electron chi connectivity index (χ4n) is 2.87. The summed E-state index contributed by atoms with van der Waals surface area (Å²) in [7, 11) is 0. The van der Waals surface area contributed by atoms with E-state index in [1.807, 2.05) is 0 Å². The van der Waals surface area contributed by atoms with E-state index in [0.717, 1.165) is 21.8 Å². The number of thiophene rings is 1. The fraction of sp³-hybridized carbons (Fsp3) is 0. The van der Waals surface area contributed by atoms with Crippen molar-refractivity contribution in [3.8, 4) is 10.4 Å². The molecule has 0 aliphatic carbocycles. The third-order valence-electron chi connectivity index (χ3n) is 4.42. The van der Waals surface area contributed by atoms with Crippen molar-refractivity contribution in [2.75, 3.05) is 10.6 Å². The van der Waals surface area contributed by atoms with E-state index in [1.165, 1.54) is 47.9 Å². The first-order valence-corrected chi connectivity index (χ1v) is 11.3. The zero-order chi connectivity index (χ0) is 23.5. The minimum Gasteiger partial charge on any atom is -0.478 e. The number of hydrogen-bond acceptors (Lipinski definition) is 6. The van der Waals surface area contributed by atoms with Crippen LogP contribution in [0.3, 0.4) is 0 Å². The van der Waals surface area contributed by atoms with Crippen LogP contribution in [0.4, 0.5) is 15.2 Å². The molecular formula is C22H13ClFN3O4S2. The molecule has 0 saturated heterocycles. The van der Waals surface area contributed by atoms with E-state index in [1.54, 1.807) is 24.3 Å². The van der Waals surface area contributed by atoms with Crippen LogP contribution < -0.4 is 10.6 Å². The number of hydrogen-bond donors (Lipinski definition) is 3. The van der Waals surface area contributed by atoms with Crippen LogP contribution >= 0.6 is 34.3 Å². The summed E-state index contributed by atoms with van der Waals surface area (Å²) in [5.74, 6) is -2.71. The number of carbonyl (C=O) groups is 3. The lowest BCUT2D eigenvalue weighted by Crippen LogP contribution is -2.16. The van der Waals surface area contributed by atoms with Gasteiger partial charge in [-0.1, -0.05) is 35.1 Å². The molecule has 166 valence electrons. The standard InChI is InChI=1S/C22H13ClFN3O4S2/c23-18-10-25-22(33-18)27-19(28)12-3-6-14(21(30)31)15(9-12)26-20(29)17-8-7-16(32-17)11-1-4-13(24)5-2-11/h1-10H,(H,26,29)(H,30,31)(H,25,27,28). The Morgan fingerprint density at radius 1 is 0.939 bits per heavy atom. The van der Waals surface area contributed by atoms with Gasteiger partial charge < -0.3 is 10.4 Å². The van der Waals surface area contributed by atoms with Gasteiger partial charge in [-0.2, -0.15) is 0 Å². The quantitative estimate of drug-likeness (QED) is 0.306. The Hall–Kier alpha value is -3.60. The number of nitrogens with one attached hydrogen (secondary N) is 2. The molecule has 0 spiro atoms. The molecule has 4 rings (SSSR count). The van der Waals surface area contributed by atoms with E-state index in [4.69, 9.17) is 11.6 Å². The van der Waals surface area contributed by atoms with Crippen molar-refractivity contribution in [3.05, 3.63) is 87.0 Å². The van der Waals surface area contributed by atoms with E-state index in [-0.39, 0.29) is 27.8 Å². The molecule has 2 aromatic heterocycles. The van der Waals surface area contributed by atoms with Crippen LogP contribution in [-0.4, -0.2) is 27.9 Å². The van der Waals surface area contributed by atoms with Gasteiger partial charge in [0.2, 0.25) is 0 Å². The van der Waals surface area contributed by atoms with Crippen molar-refractivity contribution in [2.45, 2.75) is 0 Å². The van der Waals surface area contributed by atoms with Gasteiger partial charge in [0, 0.05) is 10.4 Å². The molecule has 11 heteroatoms. The highest BCUT2D eigenvalue weighted by molar-refractivity contribution is 7.19. The van der Waals surface area contributed by atoms with Crippen LogP contribution in [0.5, 0.6) is 0 Å². The van der Waals surface area contributed by atoms with Crippen molar-refractivity contribution in [1.29, 1.82) is 0 Å². The summed E-state index contributed by atoms with van der Waals surface area (Å²) >= 11 is 8.05. The largest absolute Gasteiger partial charge is 0.478 e. The fourth-order valence-corrected chi connectivity index (χ4v) is 4.58. The monoisotopic (exact) mass is 501 g/mol. The molecule has 2 aromatic carbocycles. The predicted molar refractivity (Wildman–Crippen MR) is 126 cm³/mol. The third kappa shape index (κ3) is 5.25. The van der Waals surface area contributed by atoms with Crippen molar-refractivity contribution in [2.24, 2.45) is 0 Å². The van der Waals surface area contributed by atoms with E-state index < -0.39 is 17.8 Å². The lowest BCUT2D eigenvalue weighted by atomic mass is 10.1. The van der Waals surface area contributed by atoms with Gasteiger partial charge in [-0.3, -0.25) is 14.9 Å². The molecule has 0 saturated carbocycles. The van der Waals surface area contributed by atoms with Gasteiger partial charge in [0.15, 0.2) is 5.13 Å². The van der Waals surface area contributed by atoms with Crippen molar-refractivity contribution >= 4 is 62.9 Å². The molecule has 0 aliphatic rings. The highest BCUT2D eigenvalue weighted by atomic mass is 35.5. The van der Waals surface area contributed by atoms with Crippen molar-refractivity contribution in [1.82, 2.24) is 4.98 Å². The maximum Gasteiger partial charge on any atom is 0.337 e. The molecule has 0 aliphatic heterocycles. The van der Waals surface area contributed by atoms with Gasteiger partial charge in [0.1, 0.15) is 10.2 Å². The summed E-state index contributed by atoms with van der Waals surface area (Å²) in [4.78, 5) is 41.9. The average molecular weight is 502 g/mol. The lowest BCUT2D eigenvalue weighted by molar-refractivity contribution is 0.0697. The molecule has 0 radical (unpaired) electrons. The zero-order valence-electron chi connectivity index (χ0n) is 16.5. The van der Waals surface area contributed by atoms with Crippen LogP contribution in [0.1, 0.15) is 30.4 Å². The summed E-state index contributed by atoms with van der Waals surface area (Å²) in [5, 5.41) is 14.9. The Morgan fingerprint density at radius 3 is 2.36 bits per heavy atom. The molecule has 0 fully saturated rings. The smallest absolute Gasteiger partial charge is 0.337 e. The molecule has 0 bridgehead atoms. The van der Waals surface area contributed by atoms with Gasteiger partial charge in [-0.15, -0.1) is 11.3 Å². The Labute approximate surface area is 199 Å². The van der Waals surface area contributed by atoms with E-state index in [0.29, 0.717) is 9.21 Å². The molecular weight excluding hydrogens is 489 g/mol. The van der Waals surface area contributed by atoms with Crippen molar-refractivity contribution < 1.29 is 23.9 Å². The first kappa shape index (κ1) is 22.6. The summed E-state index contributed by atoms with van der Waals surface area (Å²) in [6.07, 6.45) is 1.39. The van der Waals surface area contributed by atoms with Gasteiger partial charge in [-0.05, 0) is 48.0 Å². The maximum atomic E-state index is 13.1. The van der Waals surface area contributed by atoms with Crippen LogP contribution in [-0.2, 0) is 0 Å². The van der Waals surface area contributed by atoms with E-state index in [2.05, 4.69) is 15.6 Å². The van der Waals surface area contributed by atoms with Crippen LogP contribution in [0.25, 0.3) is 10.4 Å². The lowest BCUT2D eigenvalue weighted by Gasteiger charge is -2.10. The summed E-state index contributed by atoms with van der Waals surface area (Å²) in [6, 6.07) is 13.0. The van der Waals surface area contributed by atoms with Gasteiger partial charge in [-0.25, -0.2) is 14.2 Å². The Bertz CT molecular complexity index is 1370. The van der Waals surface area contributed by atoms with Crippen molar-refractivity contribution in [3.63, 3.8) is 0 Å². The number of anilines is 2. The zero-order valence-corrected chi connectivity index (χ0v) is 18.9. The highest BCUT2D eigenvalue weighted by Crippen LogP contribution is 2.29. The summed E-state index contributed by atoms with van der Waals surface area (Å²) in [6.45, 7) is 0. The molecule has 3 N–H and O–H groups in total. The SMILES string of the molecule is O=C(Nc1ncc(Cl)s1)c1ccc(C(=O)O)c(NC(=O)c2ccc(-c3ccc(F)cc3)s2)c1. The first-order chi connectivity index (χ1) is 15.8. The second kappa shape index (κ2) is 9.49. The number of carboxylic acids is 1. The second-order valence-corrected chi connectivity index (χ2v) is 9.36. The van der Waals surface area contributed by atoms with E-state index >= 15 is 0 Å². The average Bonchev–Trinajstić information content (AvgIpc) is 3.43. The normalized spacial score (nSPS) is 10.6. The molecule has 2 heterocycles. The summed E-state index contributed by atoms with van der Waals surface area (Å²) < 4.78 is 13.5. The number of thiazole rings is 1. The molecule has 7 nitrogen and oxygen atoms in total. The second-order valence-electron chi connectivity index (χ2n) is 6.61. The van der Waals surface area contributed by atoms with Gasteiger partial charge >= 0.3 is 5.97 Å². The van der Waals surface area contributed by atoms with Crippen LogP contribution in [0, 0.1) is 5.82 Å². The minimum atomic E-state index is -1.26. The molecule has 4 aromatic rings. The molecule has 0 atom stereocenters. The molecule has 2 amide bonds. The highest BCUT2D eigenvalue weighted by Gasteiger charge is 2.18. The number of carbonyl (C=O) groups excluding carboxylic acids is 2. The number of rotatable bonds is 6. The molecule has 33 heavy (non-hydrogen) atoms. The number of amides is 2. The van der Waals surface area contributed by atoms with Gasteiger partial charge in [0.05, 0.1) is 22.3 Å². The van der Waals surface area contributed by atoms with E-state index in [9.17, 15) is 23.9 Å². The third-order valence-corrected chi connectivity index (χ3v) is 6.58. The topological polar surface area (TPSA) is 108 Å². The molecule has 0 unspecified atom stereocenters. The predicted octanol–water partition coefficient (Wildman–Crippen LogP) is 5.87. The number of benzene rings is 2. The van der Waals surface area contributed by atoms with Crippen LogP contribution in [0.2, 0.25) is 4.34 Å². The number of halogens is 2. The Balaban J connectivity index is 1.56. The number of aromatic nitrogens is 1. The number of carboxylic acid groups (broad SMARTS) is 1. The Kier molecular flexibility index (Phi) is 6.50. The van der Waals surface area contributed by atoms with Crippen LogP contribution in [0.15, 0.2) is 60.8 Å². The maximum absolute atomic E-state index is 13.1. The minimum absolute atomic E-state index is 0.0333.